The van der Waals surface area contributed by atoms with E-state index in [0.717, 1.165) is 43.7 Å². The van der Waals surface area contributed by atoms with E-state index in [4.69, 9.17) is 11.6 Å². The molecule has 0 bridgehead atoms. The van der Waals surface area contributed by atoms with Gasteiger partial charge < -0.3 is 5.32 Å². The SMILES string of the molecule is O=C(CN1CCN(C2CCCCC2)CC1)NCCc1ccc(Cl)cc1. The maximum atomic E-state index is 12.2. The lowest BCUT2D eigenvalue weighted by Crippen LogP contribution is -2.52. The lowest BCUT2D eigenvalue weighted by atomic mass is 9.94. The molecular formula is C20H30ClN3O. The van der Waals surface area contributed by atoms with Crippen molar-refractivity contribution in [1.82, 2.24) is 15.1 Å². The summed E-state index contributed by atoms with van der Waals surface area (Å²) in [5.41, 5.74) is 1.20. The van der Waals surface area contributed by atoms with Crippen molar-refractivity contribution in [1.29, 1.82) is 0 Å². The molecule has 5 heteroatoms. The highest BCUT2D eigenvalue weighted by atomic mass is 35.5. The minimum absolute atomic E-state index is 0.139. The number of hydrogen-bond donors (Lipinski definition) is 1. The summed E-state index contributed by atoms with van der Waals surface area (Å²) in [6, 6.07) is 8.61. The maximum absolute atomic E-state index is 12.2. The second-order valence-corrected chi connectivity index (χ2v) is 7.77. The summed E-state index contributed by atoms with van der Waals surface area (Å²) < 4.78 is 0. The summed E-state index contributed by atoms with van der Waals surface area (Å²) in [5, 5.41) is 3.79. The van der Waals surface area contributed by atoms with E-state index in [1.54, 1.807) is 0 Å². The highest BCUT2D eigenvalue weighted by Gasteiger charge is 2.25. The van der Waals surface area contributed by atoms with Gasteiger partial charge in [0.05, 0.1) is 6.54 Å². The Labute approximate surface area is 156 Å². The smallest absolute Gasteiger partial charge is 0.234 e. The number of halogens is 1. The fourth-order valence-electron chi connectivity index (χ4n) is 3.99. The fraction of sp³-hybridized carbons (Fsp3) is 0.650. The molecule has 1 aromatic rings. The maximum Gasteiger partial charge on any atom is 0.234 e. The van der Waals surface area contributed by atoms with Crippen molar-refractivity contribution < 1.29 is 4.79 Å². The first-order chi connectivity index (χ1) is 12.2. The molecule has 138 valence electrons. The molecule has 0 radical (unpaired) electrons. The number of rotatable bonds is 6. The molecule has 1 aliphatic heterocycles. The van der Waals surface area contributed by atoms with Crippen LogP contribution in [0.3, 0.4) is 0 Å². The Hall–Kier alpha value is -1.10. The van der Waals surface area contributed by atoms with Crippen LogP contribution in [0.5, 0.6) is 0 Å². The third kappa shape index (κ3) is 5.98. The van der Waals surface area contributed by atoms with E-state index >= 15 is 0 Å². The molecule has 4 nitrogen and oxygen atoms in total. The van der Waals surface area contributed by atoms with E-state index in [1.165, 1.54) is 37.7 Å². The van der Waals surface area contributed by atoms with E-state index in [0.29, 0.717) is 13.1 Å². The second kappa shape index (κ2) is 9.56. The van der Waals surface area contributed by atoms with Crippen LogP contribution in [-0.4, -0.2) is 61.0 Å². The van der Waals surface area contributed by atoms with Gasteiger partial charge in [0.2, 0.25) is 5.91 Å². The Morgan fingerprint density at radius 2 is 1.72 bits per heavy atom. The van der Waals surface area contributed by atoms with Crippen molar-refractivity contribution in [2.45, 2.75) is 44.6 Å². The Morgan fingerprint density at radius 3 is 2.40 bits per heavy atom. The summed E-state index contributed by atoms with van der Waals surface area (Å²) in [6.45, 7) is 5.47. The number of benzene rings is 1. The number of amides is 1. The van der Waals surface area contributed by atoms with Crippen molar-refractivity contribution in [3.8, 4) is 0 Å². The molecule has 1 amide bonds. The molecule has 2 fully saturated rings. The first-order valence-corrected chi connectivity index (χ1v) is 10.1. The number of nitrogens with one attached hydrogen (secondary N) is 1. The Kier molecular flexibility index (Phi) is 7.14. The summed E-state index contributed by atoms with van der Waals surface area (Å²) in [5.74, 6) is 0.139. The molecule has 1 heterocycles. The highest BCUT2D eigenvalue weighted by molar-refractivity contribution is 6.30. The topological polar surface area (TPSA) is 35.6 Å². The lowest BCUT2D eigenvalue weighted by Gasteiger charge is -2.40. The molecule has 0 unspecified atom stereocenters. The van der Waals surface area contributed by atoms with Gasteiger partial charge >= 0.3 is 0 Å². The van der Waals surface area contributed by atoms with Crippen LogP contribution in [0.4, 0.5) is 0 Å². The van der Waals surface area contributed by atoms with E-state index in [2.05, 4.69) is 15.1 Å². The molecule has 25 heavy (non-hydrogen) atoms. The monoisotopic (exact) mass is 363 g/mol. The van der Waals surface area contributed by atoms with Crippen LogP contribution >= 0.6 is 11.6 Å². The summed E-state index contributed by atoms with van der Waals surface area (Å²) in [4.78, 5) is 17.1. The molecule has 1 aliphatic carbocycles. The van der Waals surface area contributed by atoms with Crippen LogP contribution in [0.25, 0.3) is 0 Å². The first-order valence-electron chi connectivity index (χ1n) is 9.68. The zero-order valence-electron chi connectivity index (χ0n) is 15.1. The van der Waals surface area contributed by atoms with Gasteiger partial charge in [-0.25, -0.2) is 0 Å². The van der Waals surface area contributed by atoms with Crippen LogP contribution in [0.2, 0.25) is 5.02 Å². The van der Waals surface area contributed by atoms with Crippen LogP contribution in [0.15, 0.2) is 24.3 Å². The Bertz CT molecular complexity index is 534. The summed E-state index contributed by atoms with van der Waals surface area (Å²) >= 11 is 5.89. The third-order valence-corrected chi connectivity index (χ3v) is 5.77. The molecule has 3 rings (SSSR count). The molecule has 0 aromatic heterocycles. The zero-order chi connectivity index (χ0) is 17.5. The quantitative estimate of drug-likeness (QED) is 0.844. The fourth-order valence-corrected chi connectivity index (χ4v) is 4.12. The van der Waals surface area contributed by atoms with Gasteiger partial charge in [0.1, 0.15) is 0 Å². The van der Waals surface area contributed by atoms with Crippen LogP contribution in [0.1, 0.15) is 37.7 Å². The van der Waals surface area contributed by atoms with Crippen LogP contribution < -0.4 is 5.32 Å². The Balaban J connectivity index is 1.31. The third-order valence-electron chi connectivity index (χ3n) is 5.51. The average Bonchev–Trinajstić information content (AvgIpc) is 2.65. The van der Waals surface area contributed by atoms with Gasteiger partial charge in [0.15, 0.2) is 0 Å². The second-order valence-electron chi connectivity index (χ2n) is 7.33. The van der Waals surface area contributed by atoms with Gasteiger partial charge in [-0.3, -0.25) is 14.6 Å². The Morgan fingerprint density at radius 1 is 1.04 bits per heavy atom. The van der Waals surface area contributed by atoms with Crippen molar-refractivity contribution in [2.75, 3.05) is 39.3 Å². The van der Waals surface area contributed by atoms with E-state index in [9.17, 15) is 4.79 Å². The van der Waals surface area contributed by atoms with Crippen molar-refractivity contribution in [2.24, 2.45) is 0 Å². The normalized spacial score (nSPS) is 20.5. The number of hydrogen-bond acceptors (Lipinski definition) is 3. The van der Waals surface area contributed by atoms with Gasteiger partial charge in [-0.15, -0.1) is 0 Å². The predicted molar refractivity (Wildman–Crippen MR) is 103 cm³/mol. The van der Waals surface area contributed by atoms with E-state index in [1.807, 2.05) is 24.3 Å². The van der Waals surface area contributed by atoms with Gasteiger partial charge in [-0.05, 0) is 37.0 Å². The van der Waals surface area contributed by atoms with Gasteiger partial charge in [-0.1, -0.05) is 43.0 Å². The molecule has 0 spiro atoms. The standard InChI is InChI=1S/C20H30ClN3O/c21-18-8-6-17(7-9-18)10-11-22-20(25)16-23-12-14-24(15-13-23)19-4-2-1-3-5-19/h6-9,19H,1-5,10-16H2,(H,22,25). The van der Waals surface area contributed by atoms with Crippen LogP contribution in [-0.2, 0) is 11.2 Å². The van der Waals surface area contributed by atoms with Crippen LogP contribution in [0, 0.1) is 0 Å². The number of piperazine rings is 1. The van der Waals surface area contributed by atoms with E-state index < -0.39 is 0 Å². The summed E-state index contributed by atoms with van der Waals surface area (Å²) in [7, 11) is 0. The minimum atomic E-state index is 0.139. The molecule has 1 N–H and O–H groups in total. The molecule has 1 aromatic carbocycles. The molecule has 2 aliphatic rings. The van der Waals surface area contributed by atoms with Gasteiger partial charge in [0, 0.05) is 43.8 Å². The van der Waals surface area contributed by atoms with Crippen molar-refractivity contribution >= 4 is 17.5 Å². The lowest BCUT2D eigenvalue weighted by molar-refractivity contribution is -0.122. The molecule has 1 saturated heterocycles. The summed E-state index contributed by atoms with van der Waals surface area (Å²) in [6.07, 6.45) is 7.77. The molecule has 1 saturated carbocycles. The largest absolute Gasteiger partial charge is 0.355 e. The highest BCUT2D eigenvalue weighted by Crippen LogP contribution is 2.23. The number of nitrogens with zero attached hydrogens (tertiary/aromatic N) is 2. The van der Waals surface area contributed by atoms with Crippen molar-refractivity contribution in [3.05, 3.63) is 34.9 Å². The average molecular weight is 364 g/mol. The van der Waals surface area contributed by atoms with Gasteiger partial charge in [0.25, 0.3) is 0 Å². The molecular weight excluding hydrogens is 334 g/mol. The van der Waals surface area contributed by atoms with E-state index in [-0.39, 0.29) is 5.91 Å². The first kappa shape index (κ1) is 18.7. The minimum Gasteiger partial charge on any atom is -0.355 e. The number of carbonyl (C=O) groups is 1. The molecule has 0 atom stereocenters. The van der Waals surface area contributed by atoms with Crippen molar-refractivity contribution in [3.63, 3.8) is 0 Å². The predicted octanol–water partition coefficient (Wildman–Crippen LogP) is 2.95. The van der Waals surface area contributed by atoms with Gasteiger partial charge in [-0.2, -0.15) is 0 Å². The zero-order valence-corrected chi connectivity index (χ0v) is 15.8. The number of carbonyl (C=O) groups excluding carboxylic acids is 1.